The van der Waals surface area contributed by atoms with Crippen molar-refractivity contribution in [3.05, 3.63) is 53.9 Å². The Hall–Kier alpha value is -2.89. The molecule has 0 atom stereocenters. The Kier molecular flexibility index (Phi) is 4.52. The summed E-state index contributed by atoms with van der Waals surface area (Å²) in [4.78, 5) is 11.1. The minimum atomic E-state index is 0.277. The van der Waals surface area contributed by atoms with Gasteiger partial charge in [0.2, 0.25) is 0 Å². The average Bonchev–Trinajstić information content (AvgIpc) is 3.20. The zero-order valence-corrected chi connectivity index (χ0v) is 12.8. The fraction of sp³-hybridized carbons (Fsp3) is 0.235. The minimum Gasteiger partial charge on any atom is -0.494 e. The van der Waals surface area contributed by atoms with Crippen LogP contribution in [-0.2, 0) is 6.54 Å². The van der Waals surface area contributed by atoms with Crippen LogP contribution in [0.1, 0.15) is 22.5 Å². The molecule has 0 spiro atoms. The third kappa shape index (κ3) is 3.48. The smallest absolute Gasteiger partial charge is 0.172 e. The first-order chi connectivity index (χ1) is 11.3. The zero-order chi connectivity index (χ0) is 16.1. The molecule has 0 bridgehead atoms. The minimum absolute atomic E-state index is 0.277. The van der Waals surface area contributed by atoms with Gasteiger partial charge >= 0.3 is 0 Å². The summed E-state index contributed by atoms with van der Waals surface area (Å²) in [7, 11) is 0. The summed E-state index contributed by atoms with van der Waals surface area (Å²) in [5.41, 5.74) is 2.04. The monoisotopic (exact) mass is 311 g/mol. The summed E-state index contributed by atoms with van der Waals surface area (Å²) >= 11 is 0. The lowest BCUT2D eigenvalue weighted by Gasteiger charge is -2.08. The van der Waals surface area contributed by atoms with Crippen molar-refractivity contribution >= 4 is 6.29 Å². The number of carbonyl (C=O) groups is 1. The Balaban J connectivity index is 1.63. The molecule has 6 heteroatoms. The van der Waals surface area contributed by atoms with E-state index in [1.54, 1.807) is 23.1 Å². The number of ether oxygens (including phenoxy) is 1. The van der Waals surface area contributed by atoms with Crippen LogP contribution in [0.15, 0.2) is 47.1 Å². The first-order valence-electron chi connectivity index (χ1n) is 7.40. The summed E-state index contributed by atoms with van der Waals surface area (Å²) in [5, 5.41) is 7.90. The van der Waals surface area contributed by atoms with Crippen LogP contribution in [0.4, 0.5) is 0 Å². The number of rotatable bonds is 7. The molecular formula is C17H17N3O3. The van der Waals surface area contributed by atoms with Gasteiger partial charge in [-0.15, -0.1) is 5.10 Å². The molecule has 0 saturated heterocycles. The summed E-state index contributed by atoms with van der Waals surface area (Å²) in [6.45, 7) is 3.17. The largest absolute Gasteiger partial charge is 0.494 e. The number of hydrogen-bond acceptors (Lipinski definition) is 5. The number of hydrogen-bond donors (Lipinski definition) is 0. The maximum Gasteiger partial charge on any atom is 0.172 e. The topological polar surface area (TPSA) is 70.2 Å². The molecule has 2 aromatic heterocycles. The van der Waals surface area contributed by atoms with Gasteiger partial charge in [-0.25, -0.2) is 4.68 Å². The predicted molar refractivity (Wildman–Crippen MR) is 84.4 cm³/mol. The summed E-state index contributed by atoms with van der Waals surface area (Å²) in [5.74, 6) is 1.43. The Morgan fingerprint density at radius 3 is 2.96 bits per heavy atom. The number of carbonyl (C=O) groups excluding carboxylic acids is 1. The number of aldehydes is 1. The van der Waals surface area contributed by atoms with E-state index in [1.807, 2.05) is 31.2 Å². The number of furan rings is 1. The SMILES string of the molecule is Cc1cccc(OCCCn2nnc(C=O)c2-c2ccco2)c1. The van der Waals surface area contributed by atoms with E-state index in [4.69, 9.17) is 9.15 Å². The molecule has 0 aliphatic carbocycles. The van der Waals surface area contributed by atoms with E-state index in [0.717, 1.165) is 17.7 Å². The molecule has 3 rings (SSSR count). The Bertz CT molecular complexity index is 778. The van der Waals surface area contributed by atoms with Gasteiger partial charge in [0.25, 0.3) is 0 Å². The van der Waals surface area contributed by atoms with Crippen molar-refractivity contribution in [3.63, 3.8) is 0 Å². The summed E-state index contributed by atoms with van der Waals surface area (Å²) < 4.78 is 12.7. The van der Waals surface area contributed by atoms with Crippen molar-refractivity contribution in [3.8, 4) is 17.2 Å². The second-order valence-corrected chi connectivity index (χ2v) is 5.16. The van der Waals surface area contributed by atoms with Crippen LogP contribution in [0.5, 0.6) is 5.75 Å². The lowest BCUT2D eigenvalue weighted by atomic mass is 10.2. The van der Waals surface area contributed by atoms with Crippen molar-refractivity contribution in [2.45, 2.75) is 19.9 Å². The number of aromatic nitrogens is 3. The molecule has 3 aromatic rings. The maximum absolute atomic E-state index is 11.1. The normalized spacial score (nSPS) is 10.7. The van der Waals surface area contributed by atoms with Gasteiger partial charge in [0.05, 0.1) is 12.9 Å². The predicted octanol–water partition coefficient (Wildman–Crippen LogP) is 3.13. The number of aryl methyl sites for hydroxylation is 2. The van der Waals surface area contributed by atoms with Crippen LogP contribution in [0.3, 0.4) is 0 Å². The molecule has 0 saturated carbocycles. The van der Waals surface area contributed by atoms with E-state index < -0.39 is 0 Å². The van der Waals surface area contributed by atoms with Crippen LogP contribution >= 0.6 is 0 Å². The summed E-state index contributed by atoms with van der Waals surface area (Å²) in [6, 6.07) is 11.5. The van der Waals surface area contributed by atoms with Gasteiger partial charge in [0.15, 0.2) is 17.7 Å². The standard InChI is InChI=1S/C17H17N3O3/c1-13-5-2-6-14(11-13)22-10-4-8-20-17(15(12-21)18-19-20)16-7-3-9-23-16/h2-3,5-7,9,11-12H,4,8,10H2,1H3. The molecule has 0 aliphatic rings. The van der Waals surface area contributed by atoms with Crippen molar-refractivity contribution in [1.82, 2.24) is 15.0 Å². The fourth-order valence-electron chi connectivity index (χ4n) is 2.34. The quantitative estimate of drug-likeness (QED) is 0.495. The fourth-order valence-corrected chi connectivity index (χ4v) is 2.34. The molecular weight excluding hydrogens is 294 g/mol. The highest BCUT2D eigenvalue weighted by Gasteiger charge is 2.16. The van der Waals surface area contributed by atoms with Gasteiger partial charge in [-0.1, -0.05) is 17.3 Å². The molecule has 118 valence electrons. The highest BCUT2D eigenvalue weighted by Crippen LogP contribution is 2.22. The molecule has 0 N–H and O–H groups in total. The molecule has 0 fully saturated rings. The number of nitrogens with zero attached hydrogens (tertiary/aromatic N) is 3. The van der Waals surface area contributed by atoms with Crippen molar-refractivity contribution in [2.75, 3.05) is 6.61 Å². The summed E-state index contributed by atoms with van der Waals surface area (Å²) in [6.07, 6.45) is 2.98. The van der Waals surface area contributed by atoms with Crippen molar-refractivity contribution in [1.29, 1.82) is 0 Å². The van der Waals surface area contributed by atoms with Crippen LogP contribution in [-0.4, -0.2) is 27.9 Å². The highest BCUT2D eigenvalue weighted by atomic mass is 16.5. The van der Waals surface area contributed by atoms with E-state index in [9.17, 15) is 4.79 Å². The Labute approximate surface area is 133 Å². The van der Waals surface area contributed by atoms with Crippen molar-refractivity contribution < 1.29 is 13.9 Å². The molecule has 6 nitrogen and oxygen atoms in total. The van der Waals surface area contributed by atoms with Crippen molar-refractivity contribution in [2.24, 2.45) is 0 Å². The van der Waals surface area contributed by atoms with Crippen LogP contribution in [0.2, 0.25) is 0 Å². The average molecular weight is 311 g/mol. The molecule has 23 heavy (non-hydrogen) atoms. The Morgan fingerprint density at radius 2 is 2.22 bits per heavy atom. The van der Waals surface area contributed by atoms with Crippen LogP contribution in [0, 0.1) is 6.92 Å². The first kappa shape index (κ1) is 15.0. The third-order valence-corrected chi connectivity index (χ3v) is 3.40. The second-order valence-electron chi connectivity index (χ2n) is 5.16. The van der Waals surface area contributed by atoms with Gasteiger partial charge < -0.3 is 9.15 Å². The molecule has 0 amide bonds. The van der Waals surface area contributed by atoms with E-state index in [2.05, 4.69) is 10.3 Å². The van der Waals surface area contributed by atoms with Gasteiger partial charge in [0, 0.05) is 13.0 Å². The maximum atomic E-state index is 11.1. The highest BCUT2D eigenvalue weighted by molar-refractivity contribution is 5.81. The third-order valence-electron chi connectivity index (χ3n) is 3.40. The van der Waals surface area contributed by atoms with E-state index >= 15 is 0 Å². The lowest BCUT2D eigenvalue weighted by molar-refractivity contribution is 0.111. The molecule has 1 aromatic carbocycles. The molecule has 0 unspecified atom stereocenters. The zero-order valence-electron chi connectivity index (χ0n) is 12.8. The van der Waals surface area contributed by atoms with E-state index in [-0.39, 0.29) is 5.69 Å². The Morgan fingerprint density at radius 1 is 1.30 bits per heavy atom. The van der Waals surface area contributed by atoms with Gasteiger partial charge in [0.1, 0.15) is 11.4 Å². The molecule has 0 aliphatic heterocycles. The van der Waals surface area contributed by atoms with E-state index in [0.29, 0.717) is 30.9 Å². The number of benzene rings is 1. The molecule has 0 radical (unpaired) electrons. The van der Waals surface area contributed by atoms with Crippen LogP contribution in [0.25, 0.3) is 11.5 Å². The molecule has 2 heterocycles. The van der Waals surface area contributed by atoms with E-state index in [1.165, 1.54) is 0 Å². The second kappa shape index (κ2) is 6.91. The lowest BCUT2D eigenvalue weighted by Crippen LogP contribution is -2.07. The van der Waals surface area contributed by atoms with Gasteiger partial charge in [-0.3, -0.25) is 4.79 Å². The van der Waals surface area contributed by atoms with Crippen LogP contribution < -0.4 is 4.74 Å². The van der Waals surface area contributed by atoms with Gasteiger partial charge in [-0.05, 0) is 36.8 Å². The van der Waals surface area contributed by atoms with Gasteiger partial charge in [-0.2, -0.15) is 0 Å². The first-order valence-corrected chi connectivity index (χ1v) is 7.40.